The monoisotopic (exact) mass is 343 g/mol. The van der Waals surface area contributed by atoms with Gasteiger partial charge in [0.15, 0.2) is 5.82 Å². The molecule has 9 heteroatoms. The highest BCUT2D eigenvalue weighted by Gasteiger charge is 2.18. The molecular formula is C15H17N7OS. The first-order chi connectivity index (χ1) is 11.3. The van der Waals surface area contributed by atoms with Gasteiger partial charge in [0.25, 0.3) is 5.91 Å². The van der Waals surface area contributed by atoms with Crippen LogP contribution < -0.4 is 5.32 Å². The van der Waals surface area contributed by atoms with Gasteiger partial charge in [-0.3, -0.25) is 14.8 Å². The summed E-state index contributed by atoms with van der Waals surface area (Å²) in [5.74, 6) is 0.904. The Labute approximate surface area is 143 Å². The van der Waals surface area contributed by atoms with Gasteiger partial charge in [-0.15, -0.1) is 0 Å². The van der Waals surface area contributed by atoms with Crippen molar-refractivity contribution in [2.75, 3.05) is 5.32 Å². The summed E-state index contributed by atoms with van der Waals surface area (Å²) in [7, 11) is 1.82. The first kappa shape index (κ1) is 16.2. The van der Waals surface area contributed by atoms with E-state index in [-0.39, 0.29) is 11.3 Å². The van der Waals surface area contributed by atoms with Gasteiger partial charge in [0.05, 0.1) is 17.3 Å². The van der Waals surface area contributed by atoms with Crippen LogP contribution >= 0.6 is 11.5 Å². The second-order valence-electron chi connectivity index (χ2n) is 6.33. The number of rotatable bonds is 3. The largest absolute Gasteiger partial charge is 0.296 e. The Bertz CT molecular complexity index is 861. The summed E-state index contributed by atoms with van der Waals surface area (Å²) in [5, 5.41) is 7.20. The fourth-order valence-electron chi connectivity index (χ4n) is 1.93. The van der Waals surface area contributed by atoms with Crippen molar-refractivity contribution in [3.8, 4) is 11.4 Å². The van der Waals surface area contributed by atoms with Gasteiger partial charge >= 0.3 is 0 Å². The molecule has 0 unspecified atom stereocenters. The number of anilines is 1. The zero-order valence-electron chi connectivity index (χ0n) is 13.8. The lowest BCUT2D eigenvalue weighted by Gasteiger charge is -2.15. The van der Waals surface area contributed by atoms with Crippen molar-refractivity contribution in [2.45, 2.75) is 26.2 Å². The maximum atomic E-state index is 12.3. The fraction of sp³-hybridized carbons (Fsp3) is 0.333. The third-order valence-electron chi connectivity index (χ3n) is 3.19. The lowest BCUT2D eigenvalue weighted by molar-refractivity contribution is 0.102. The van der Waals surface area contributed by atoms with E-state index in [9.17, 15) is 4.79 Å². The zero-order valence-corrected chi connectivity index (χ0v) is 14.6. The normalized spacial score (nSPS) is 11.5. The molecule has 124 valence electrons. The Balaban J connectivity index is 1.72. The number of aryl methyl sites for hydroxylation is 1. The van der Waals surface area contributed by atoms with Crippen molar-refractivity contribution < 1.29 is 4.79 Å². The molecule has 3 rings (SSSR count). The van der Waals surface area contributed by atoms with Crippen LogP contribution in [-0.4, -0.2) is 35.0 Å². The molecule has 0 fully saturated rings. The van der Waals surface area contributed by atoms with Crippen LogP contribution in [0.4, 0.5) is 5.13 Å². The Morgan fingerprint density at radius 1 is 1.21 bits per heavy atom. The summed E-state index contributed by atoms with van der Waals surface area (Å²) >= 11 is 1.11. The Kier molecular flexibility index (Phi) is 4.10. The molecule has 3 aromatic rings. The van der Waals surface area contributed by atoms with Gasteiger partial charge in [-0.1, -0.05) is 20.8 Å². The molecule has 3 heterocycles. The van der Waals surface area contributed by atoms with Gasteiger partial charge in [-0.25, -0.2) is 9.97 Å². The quantitative estimate of drug-likeness (QED) is 0.783. The fourth-order valence-corrected chi connectivity index (χ4v) is 2.51. The van der Waals surface area contributed by atoms with E-state index >= 15 is 0 Å². The molecule has 8 nitrogen and oxygen atoms in total. The summed E-state index contributed by atoms with van der Waals surface area (Å²) < 4.78 is 5.89. The standard InChI is InChI=1S/C15H17N7OS/c1-15(2,3)13-16-5-9(6-17-13)12(23)20-14-19-11(21-24-14)10-7-18-22(4)8-10/h5-8H,1-4H3,(H,19,20,21,23). The van der Waals surface area contributed by atoms with Gasteiger partial charge in [0.1, 0.15) is 5.82 Å². The van der Waals surface area contributed by atoms with Gasteiger partial charge in [0, 0.05) is 42.6 Å². The molecular weight excluding hydrogens is 326 g/mol. The second kappa shape index (κ2) is 6.08. The summed E-state index contributed by atoms with van der Waals surface area (Å²) in [6.45, 7) is 6.05. The molecule has 0 aliphatic carbocycles. The van der Waals surface area contributed by atoms with Crippen LogP contribution in [0.5, 0.6) is 0 Å². The van der Waals surface area contributed by atoms with Crippen molar-refractivity contribution in [3.63, 3.8) is 0 Å². The average molecular weight is 343 g/mol. The molecule has 24 heavy (non-hydrogen) atoms. The SMILES string of the molecule is Cn1cc(-c2nsc(NC(=O)c3cnc(C(C)(C)C)nc3)n2)cn1. The van der Waals surface area contributed by atoms with Crippen LogP contribution in [0.15, 0.2) is 24.8 Å². The van der Waals surface area contributed by atoms with Crippen LogP contribution in [0.3, 0.4) is 0 Å². The van der Waals surface area contributed by atoms with E-state index in [1.54, 1.807) is 10.9 Å². The van der Waals surface area contributed by atoms with Gasteiger partial charge in [0.2, 0.25) is 5.13 Å². The molecule has 0 aliphatic heterocycles. The third-order valence-corrected chi connectivity index (χ3v) is 3.82. The maximum Gasteiger partial charge on any atom is 0.260 e. The molecule has 0 aliphatic rings. The van der Waals surface area contributed by atoms with Gasteiger partial charge in [-0.05, 0) is 0 Å². The van der Waals surface area contributed by atoms with E-state index in [2.05, 4.69) is 29.7 Å². The number of hydrogen-bond donors (Lipinski definition) is 1. The lowest BCUT2D eigenvalue weighted by Crippen LogP contribution is -2.18. The predicted octanol–water partition coefficient (Wildman–Crippen LogP) is 2.28. The first-order valence-corrected chi connectivity index (χ1v) is 8.07. The Hall–Kier alpha value is -2.68. The molecule has 3 aromatic heterocycles. The number of nitrogens with one attached hydrogen (secondary N) is 1. The lowest BCUT2D eigenvalue weighted by atomic mass is 9.96. The minimum Gasteiger partial charge on any atom is -0.296 e. The van der Waals surface area contributed by atoms with Crippen LogP contribution in [0.2, 0.25) is 0 Å². The Morgan fingerprint density at radius 3 is 2.50 bits per heavy atom. The predicted molar refractivity (Wildman–Crippen MR) is 90.8 cm³/mol. The van der Waals surface area contributed by atoms with E-state index in [1.807, 2.05) is 34.0 Å². The van der Waals surface area contributed by atoms with Crippen LogP contribution in [0.1, 0.15) is 37.0 Å². The van der Waals surface area contributed by atoms with E-state index in [4.69, 9.17) is 0 Å². The molecule has 0 spiro atoms. The molecule has 0 bridgehead atoms. The van der Waals surface area contributed by atoms with E-state index in [1.165, 1.54) is 12.4 Å². The van der Waals surface area contributed by atoms with Gasteiger partial charge in [-0.2, -0.15) is 14.5 Å². The van der Waals surface area contributed by atoms with Crippen molar-refractivity contribution >= 4 is 22.6 Å². The van der Waals surface area contributed by atoms with E-state index in [0.717, 1.165) is 17.1 Å². The summed E-state index contributed by atoms with van der Waals surface area (Å²) in [4.78, 5) is 25.1. The van der Waals surface area contributed by atoms with Crippen molar-refractivity contribution in [1.29, 1.82) is 0 Å². The minimum absolute atomic E-state index is 0.160. The van der Waals surface area contributed by atoms with Gasteiger partial charge < -0.3 is 0 Å². The molecule has 0 atom stereocenters. The maximum absolute atomic E-state index is 12.3. The number of hydrogen-bond acceptors (Lipinski definition) is 7. The first-order valence-electron chi connectivity index (χ1n) is 7.29. The number of aromatic nitrogens is 6. The Morgan fingerprint density at radius 2 is 1.92 bits per heavy atom. The van der Waals surface area contributed by atoms with Crippen molar-refractivity contribution in [3.05, 3.63) is 36.2 Å². The smallest absolute Gasteiger partial charge is 0.260 e. The average Bonchev–Trinajstić information content (AvgIpc) is 3.15. The second-order valence-corrected chi connectivity index (χ2v) is 7.08. The summed E-state index contributed by atoms with van der Waals surface area (Å²) in [5.41, 5.74) is 1.01. The van der Waals surface area contributed by atoms with E-state index < -0.39 is 0 Å². The van der Waals surface area contributed by atoms with E-state index in [0.29, 0.717) is 22.3 Å². The zero-order chi connectivity index (χ0) is 17.3. The van der Waals surface area contributed by atoms with Crippen LogP contribution in [-0.2, 0) is 12.5 Å². The summed E-state index contributed by atoms with van der Waals surface area (Å²) in [6.07, 6.45) is 6.53. The molecule has 0 aromatic carbocycles. The van der Waals surface area contributed by atoms with Crippen molar-refractivity contribution in [1.82, 2.24) is 29.1 Å². The molecule has 1 amide bonds. The molecule has 1 N–H and O–H groups in total. The highest BCUT2D eigenvalue weighted by Crippen LogP contribution is 2.21. The minimum atomic E-state index is -0.315. The summed E-state index contributed by atoms with van der Waals surface area (Å²) in [6, 6.07) is 0. The van der Waals surface area contributed by atoms with Crippen molar-refractivity contribution in [2.24, 2.45) is 7.05 Å². The third kappa shape index (κ3) is 3.46. The van der Waals surface area contributed by atoms with Crippen LogP contribution in [0.25, 0.3) is 11.4 Å². The highest BCUT2D eigenvalue weighted by molar-refractivity contribution is 7.10. The topological polar surface area (TPSA) is 98.5 Å². The highest BCUT2D eigenvalue weighted by atomic mass is 32.1. The molecule has 0 saturated heterocycles. The van der Waals surface area contributed by atoms with Crippen LogP contribution in [0, 0.1) is 0 Å². The number of carbonyl (C=O) groups excluding carboxylic acids is 1. The number of amides is 1. The molecule has 0 radical (unpaired) electrons. The molecule has 0 saturated carbocycles. The number of nitrogens with zero attached hydrogens (tertiary/aromatic N) is 6. The number of carbonyl (C=O) groups is 1.